The van der Waals surface area contributed by atoms with Crippen LogP contribution in [0, 0.1) is 0 Å². The van der Waals surface area contributed by atoms with E-state index in [2.05, 4.69) is 141 Å². The highest BCUT2D eigenvalue weighted by molar-refractivity contribution is 5.90. The molecule has 7 aromatic carbocycles. The maximum absolute atomic E-state index is 6.69. The molecule has 0 saturated carbocycles. The van der Waals surface area contributed by atoms with Gasteiger partial charge in [0, 0.05) is 27.7 Å². The fourth-order valence-electron chi connectivity index (χ4n) is 7.75. The maximum atomic E-state index is 6.69. The summed E-state index contributed by atoms with van der Waals surface area (Å²) in [7, 11) is 0. The van der Waals surface area contributed by atoms with Gasteiger partial charge in [-0.05, 0) is 68.9 Å². The molecule has 0 unspecified atom stereocenters. The summed E-state index contributed by atoms with van der Waals surface area (Å²) < 4.78 is 13.3. The van der Waals surface area contributed by atoms with Gasteiger partial charge in [-0.1, -0.05) is 141 Å². The Hall–Kier alpha value is -6.52. The predicted octanol–water partition coefficient (Wildman–Crippen LogP) is 12.5. The SMILES string of the molecule is CC1(C)c2ccccc2-c2c1ccc1c2Oc2ccc(-c3ccccc3-c3cc(-c4ccccc4)nc(-c4ccc5ccccc5c4)n3)cc2O1. The molecular weight excluding hydrogens is 625 g/mol. The number of rotatable bonds is 4. The normalized spacial score (nSPS) is 13.4. The second-order valence-electron chi connectivity index (χ2n) is 13.8. The van der Waals surface area contributed by atoms with Crippen molar-refractivity contribution in [1.82, 2.24) is 9.97 Å². The van der Waals surface area contributed by atoms with Crippen molar-refractivity contribution >= 4 is 10.8 Å². The lowest BCUT2D eigenvalue weighted by Gasteiger charge is -2.25. The standard InChI is InChI=1S/C47H32N2O2/c1-47(2)37-19-11-10-18-36(37)44-38(47)23-25-42-45(44)51-41-24-22-32(27-43(41)50-42)34-16-8-9-17-35(34)40-28-39(30-13-4-3-5-14-30)48-46(49-40)33-21-20-29-12-6-7-15-31(29)26-33/h3-28H,1-2H3. The summed E-state index contributed by atoms with van der Waals surface area (Å²) in [4.78, 5) is 10.3. The van der Waals surface area contributed by atoms with Crippen molar-refractivity contribution in [2.75, 3.05) is 0 Å². The Labute approximate surface area is 296 Å². The Morgan fingerprint density at radius 2 is 1.12 bits per heavy atom. The predicted molar refractivity (Wildman–Crippen MR) is 205 cm³/mol. The van der Waals surface area contributed by atoms with Crippen molar-refractivity contribution in [3.63, 3.8) is 0 Å². The lowest BCUT2D eigenvalue weighted by molar-refractivity contribution is 0.360. The first-order valence-corrected chi connectivity index (χ1v) is 17.3. The minimum atomic E-state index is -0.117. The van der Waals surface area contributed by atoms with Gasteiger partial charge < -0.3 is 9.47 Å². The summed E-state index contributed by atoms with van der Waals surface area (Å²) >= 11 is 0. The van der Waals surface area contributed by atoms with E-state index in [1.54, 1.807) is 0 Å². The van der Waals surface area contributed by atoms with Gasteiger partial charge in [-0.15, -0.1) is 0 Å². The molecule has 0 bridgehead atoms. The minimum absolute atomic E-state index is 0.117. The first kappa shape index (κ1) is 29.4. The fourth-order valence-corrected chi connectivity index (χ4v) is 7.75. The highest BCUT2D eigenvalue weighted by Crippen LogP contribution is 2.58. The van der Waals surface area contributed by atoms with Crippen molar-refractivity contribution in [2.24, 2.45) is 0 Å². The molecule has 1 aromatic heterocycles. The molecule has 1 aliphatic carbocycles. The van der Waals surface area contributed by atoms with Crippen LogP contribution in [-0.2, 0) is 5.41 Å². The summed E-state index contributed by atoms with van der Waals surface area (Å²) in [5.41, 5.74) is 11.6. The monoisotopic (exact) mass is 656 g/mol. The van der Waals surface area contributed by atoms with Crippen LogP contribution in [0.3, 0.4) is 0 Å². The Morgan fingerprint density at radius 3 is 1.98 bits per heavy atom. The van der Waals surface area contributed by atoms with Crippen LogP contribution >= 0.6 is 0 Å². The van der Waals surface area contributed by atoms with Crippen LogP contribution in [-0.4, -0.2) is 9.97 Å². The number of hydrogen-bond acceptors (Lipinski definition) is 4. The van der Waals surface area contributed by atoms with Gasteiger partial charge in [0.25, 0.3) is 0 Å². The van der Waals surface area contributed by atoms with Crippen molar-refractivity contribution in [2.45, 2.75) is 19.3 Å². The van der Waals surface area contributed by atoms with E-state index < -0.39 is 0 Å². The van der Waals surface area contributed by atoms with Gasteiger partial charge in [0.1, 0.15) is 0 Å². The molecule has 4 nitrogen and oxygen atoms in total. The minimum Gasteiger partial charge on any atom is -0.449 e. The van der Waals surface area contributed by atoms with E-state index in [-0.39, 0.29) is 5.41 Å². The average Bonchev–Trinajstić information content (AvgIpc) is 3.43. The number of fused-ring (bicyclic) bond motifs is 7. The first-order chi connectivity index (χ1) is 25.0. The van der Waals surface area contributed by atoms with Gasteiger partial charge >= 0.3 is 0 Å². The molecule has 2 heterocycles. The van der Waals surface area contributed by atoms with E-state index in [1.165, 1.54) is 22.1 Å². The van der Waals surface area contributed by atoms with Crippen molar-refractivity contribution in [1.29, 1.82) is 0 Å². The highest BCUT2D eigenvalue weighted by atomic mass is 16.6. The Morgan fingerprint density at radius 1 is 0.431 bits per heavy atom. The lowest BCUT2D eigenvalue weighted by atomic mass is 9.82. The topological polar surface area (TPSA) is 44.2 Å². The van der Waals surface area contributed by atoms with Crippen LogP contribution in [0.15, 0.2) is 158 Å². The van der Waals surface area contributed by atoms with Crippen LogP contribution in [0.4, 0.5) is 0 Å². The van der Waals surface area contributed by atoms with E-state index in [1.807, 2.05) is 30.3 Å². The van der Waals surface area contributed by atoms with Crippen LogP contribution in [0.5, 0.6) is 23.0 Å². The third-order valence-corrected chi connectivity index (χ3v) is 10.4. The summed E-state index contributed by atoms with van der Waals surface area (Å²) in [5, 5.41) is 2.34. The highest BCUT2D eigenvalue weighted by Gasteiger charge is 2.39. The fraction of sp³-hybridized carbons (Fsp3) is 0.0638. The first-order valence-electron chi connectivity index (χ1n) is 17.3. The van der Waals surface area contributed by atoms with Gasteiger partial charge in [0.15, 0.2) is 28.8 Å². The average molecular weight is 657 g/mol. The van der Waals surface area contributed by atoms with Crippen molar-refractivity contribution in [3.05, 3.63) is 169 Å². The van der Waals surface area contributed by atoms with Crippen LogP contribution in [0.2, 0.25) is 0 Å². The third-order valence-electron chi connectivity index (χ3n) is 10.4. The number of benzene rings is 7. The quantitative estimate of drug-likeness (QED) is 0.189. The van der Waals surface area contributed by atoms with Crippen LogP contribution in [0.1, 0.15) is 25.0 Å². The van der Waals surface area contributed by atoms with E-state index in [0.29, 0.717) is 17.3 Å². The zero-order valence-electron chi connectivity index (χ0n) is 28.2. The largest absolute Gasteiger partial charge is 0.449 e. The molecule has 242 valence electrons. The molecule has 2 aliphatic rings. The molecule has 0 spiro atoms. The molecular formula is C47H32N2O2. The summed E-state index contributed by atoms with van der Waals surface area (Å²) in [6, 6.07) is 54.6. The molecule has 0 radical (unpaired) electrons. The molecule has 1 aliphatic heterocycles. The molecule has 0 fully saturated rings. The van der Waals surface area contributed by atoms with E-state index in [0.717, 1.165) is 61.7 Å². The number of ether oxygens (including phenoxy) is 2. The zero-order valence-corrected chi connectivity index (χ0v) is 28.2. The molecule has 0 amide bonds. The smallest absolute Gasteiger partial charge is 0.178 e. The summed E-state index contributed by atoms with van der Waals surface area (Å²) in [6.45, 7) is 4.55. The molecule has 8 aromatic rings. The maximum Gasteiger partial charge on any atom is 0.178 e. The Kier molecular flexibility index (Phi) is 6.49. The molecule has 4 heteroatoms. The van der Waals surface area contributed by atoms with Crippen LogP contribution in [0.25, 0.3) is 66.9 Å². The van der Waals surface area contributed by atoms with Crippen molar-refractivity contribution < 1.29 is 9.47 Å². The van der Waals surface area contributed by atoms with Gasteiger partial charge in [-0.3, -0.25) is 0 Å². The van der Waals surface area contributed by atoms with Gasteiger partial charge in [0.2, 0.25) is 0 Å². The second kappa shape index (κ2) is 11.3. The Bertz CT molecular complexity index is 2680. The molecule has 0 atom stereocenters. The summed E-state index contributed by atoms with van der Waals surface area (Å²) in [5.74, 6) is 3.57. The van der Waals surface area contributed by atoms with E-state index in [9.17, 15) is 0 Å². The van der Waals surface area contributed by atoms with Gasteiger partial charge in [0.05, 0.1) is 11.4 Å². The zero-order chi connectivity index (χ0) is 34.1. The van der Waals surface area contributed by atoms with Crippen LogP contribution < -0.4 is 9.47 Å². The summed E-state index contributed by atoms with van der Waals surface area (Å²) in [6.07, 6.45) is 0. The molecule has 0 N–H and O–H groups in total. The van der Waals surface area contributed by atoms with Crippen molar-refractivity contribution in [3.8, 4) is 79.2 Å². The number of nitrogens with zero attached hydrogens (tertiary/aromatic N) is 2. The van der Waals surface area contributed by atoms with E-state index in [4.69, 9.17) is 19.4 Å². The number of aromatic nitrogens is 2. The second-order valence-corrected chi connectivity index (χ2v) is 13.8. The molecule has 51 heavy (non-hydrogen) atoms. The van der Waals surface area contributed by atoms with Gasteiger partial charge in [-0.2, -0.15) is 0 Å². The molecule has 0 saturated heterocycles. The molecule has 10 rings (SSSR count). The number of hydrogen-bond donors (Lipinski definition) is 0. The van der Waals surface area contributed by atoms with Gasteiger partial charge in [-0.25, -0.2) is 9.97 Å². The third kappa shape index (κ3) is 4.75. The van der Waals surface area contributed by atoms with E-state index >= 15 is 0 Å². The lowest BCUT2D eigenvalue weighted by Crippen LogP contribution is -2.15. The Balaban J connectivity index is 1.07.